The second-order valence-corrected chi connectivity index (χ2v) is 5.38. The van der Waals surface area contributed by atoms with E-state index in [1.807, 2.05) is 42.5 Å². The van der Waals surface area contributed by atoms with Gasteiger partial charge in [-0.25, -0.2) is 0 Å². The fraction of sp³-hybridized carbons (Fsp3) is 0.105. The largest absolute Gasteiger partial charge is 0.505 e. The zero-order valence-electron chi connectivity index (χ0n) is 12.8. The van der Waals surface area contributed by atoms with E-state index in [-0.39, 0.29) is 11.7 Å². The summed E-state index contributed by atoms with van der Waals surface area (Å²) in [4.78, 5) is 11.2. The van der Waals surface area contributed by atoms with Crippen LogP contribution in [0.2, 0.25) is 0 Å². The van der Waals surface area contributed by atoms with Crippen LogP contribution in [0.25, 0.3) is 10.8 Å². The Bertz CT molecular complexity index is 845. The van der Waals surface area contributed by atoms with E-state index in [9.17, 15) is 9.90 Å². The van der Waals surface area contributed by atoms with Gasteiger partial charge >= 0.3 is 0 Å². The lowest BCUT2D eigenvalue weighted by Gasteiger charge is -2.13. The van der Waals surface area contributed by atoms with Crippen LogP contribution in [0.15, 0.2) is 60.7 Å². The number of benzene rings is 3. The Labute approximate surface area is 134 Å². The molecule has 0 bridgehead atoms. The number of hydrogen-bond acceptors (Lipinski definition) is 3. The lowest BCUT2D eigenvalue weighted by molar-refractivity contribution is -0.114. The van der Waals surface area contributed by atoms with Gasteiger partial charge in [0.2, 0.25) is 5.91 Å². The summed E-state index contributed by atoms with van der Waals surface area (Å²) in [7, 11) is 0. The maximum atomic E-state index is 11.2. The Balaban J connectivity index is 1.92. The third kappa shape index (κ3) is 3.26. The Hall–Kier alpha value is -3.01. The molecule has 4 nitrogen and oxygen atoms in total. The first-order chi connectivity index (χ1) is 11.1. The zero-order valence-corrected chi connectivity index (χ0v) is 12.8. The molecule has 116 valence electrons. The summed E-state index contributed by atoms with van der Waals surface area (Å²) in [5.74, 6) is -0.126. The molecule has 3 rings (SSSR count). The van der Waals surface area contributed by atoms with Crippen LogP contribution in [0.4, 0.5) is 11.4 Å². The van der Waals surface area contributed by atoms with Crippen molar-refractivity contribution < 1.29 is 9.90 Å². The second kappa shape index (κ2) is 6.40. The fourth-order valence-corrected chi connectivity index (χ4v) is 2.58. The van der Waals surface area contributed by atoms with E-state index in [4.69, 9.17) is 0 Å². The van der Waals surface area contributed by atoms with Crippen molar-refractivity contribution >= 4 is 28.1 Å². The molecule has 0 radical (unpaired) electrons. The van der Waals surface area contributed by atoms with Crippen molar-refractivity contribution in [2.24, 2.45) is 0 Å². The first kappa shape index (κ1) is 14.9. The second-order valence-electron chi connectivity index (χ2n) is 5.38. The highest BCUT2D eigenvalue weighted by atomic mass is 16.3. The number of nitrogens with one attached hydrogen (secondary N) is 2. The van der Waals surface area contributed by atoms with Crippen LogP contribution >= 0.6 is 0 Å². The molecule has 23 heavy (non-hydrogen) atoms. The summed E-state index contributed by atoms with van der Waals surface area (Å²) in [6.07, 6.45) is 0. The minimum Gasteiger partial charge on any atom is -0.505 e. The number of amides is 1. The van der Waals surface area contributed by atoms with E-state index in [0.29, 0.717) is 17.6 Å². The van der Waals surface area contributed by atoms with Crippen molar-refractivity contribution in [3.8, 4) is 5.75 Å². The summed E-state index contributed by atoms with van der Waals surface area (Å²) in [6, 6.07) is 19.4. The van der Waals surface area contributed by atoms with E-state index in [1.54, 1.807) is 6.07 Å². The molecule has 0 fully saturated rings. The number of anilines is 2. The van der Waals surface area contributed by atoms with Gasteiger partial charge in [-0.3, -0.25) is 4.79 Å². The lowest BCUT2D eigenvalue weighted by Crippen LogP contribution is -2.06. The van der Waals surface area contributed by atoms with Gasteiger partial charge in [0, 0.05) is 29.9 Å². The molecule has 0 aromatic heterocycles. The zero-order chi connectivity index (χ0) is 16.2. The van der Waals surface area contributed by atoms with Crippen LogP contribution in [-0.2, 0) is 11.3 Å². The molecular weight excluding hydrogens is 288 g/mol. The van der Waals surface area contributed by atoms with Crippen molar-refractivity contribution in [3.63, 3.8) is 0 Å². The molecule has 0 saturated carbocycles. The predicted octanol–water partition coefficient (Wildman–Crippen LogP) is 4.12. The van der Waals surface area contributed by atoms with Gasteiger partial charge in [0.15, 0.2) is 0 Å². The topological polar surface area (TPSA) is 61.4 Å². The maximum absolute atomic E-state index is 11.2. The van der Waals surface area contributed by atoms with E-state index < -0.39 is 0 Å². The summed E-state index contributed by atoms with van der Waals surface area (Å²) < 4.78 is 0. The molecular formula is C19H18N2O2. The molecule has 0 saturated heterocycles. The van der Waals surface area contributed by atoms with Crippen molar-refractivity contribution in [3.05, 3.63) is 66.2 Å². The van der Waals surface area contributed by atoms with Gasteiger partial charge in [0.1, 0.15) is 5.75 Å². The first-order valence-corrected chi connectivity index (χ1v) is 7.45. The van der Waals surface area contributed by atoms with E-state index in [1.165, 1.54) is 12.5 Å². The number of hydrogen-bond donors (Lipinski definition) is 3. The molecule has 0 aliphatic heterocycles. The number of carbonyl (C=O) groups excluding carboxylic acids is 1. The SMILES string of the molecule is CC(=O)Nc1ccc2c(NCc3ccccc3)cccc2c1O. The molecule has 3 aromatic carbocycles. The first-order valence-electron chi connectivity index (χ1n) is 7.45. The molecule has 0 heterocycles. The molecule has 3 aromatic rings. The summed E-state index contributed by atoms with van der Waals surface area (Å²) in [6.45, 7) is 2.12. The molecule has 0 aliphatic carbocycles. The average molecular weight is 306 g/mol. The normalized spacial score (nSPS) is 10.5. The Kier molecular flexibility index (Phi) is 4.15. The minimum atomic E-state index is -0.210. The van der Waals surface area contributed by atoms with Crippen molar-refractivity contribution in [1.29, 1.82) is 0 Å². The quantitative estimate of drug-likeness (QED) is 0.636. The van der Waals surface area contributed by atoms with Crippen LogP contribution in [0, 0.1) is 0 Å². The van der Waals surface area contributed by atoms with Gasteiger partial charge in [0.05, 0.1) is 5.69 Å². The Morgan fingerprint density at radius 1 is 0.913 bits per heavy atom. The molecule has 4 heteroatoms. The molecule has 0 spiro atoms. The van der Waals surface area contributed by atoms with Gasteiger partial charge in [-0.05, 0) is 23.8 Å². The van der Waals surface area contributed by atoms with E-state index >= 15 is 0 Å². The highest BCUT2D eigenvalue weighted by Gasteiger charge is 2.10. The predicted molar refractivity (Wildman–Crippen MR) is 93.7 cm³/mol. The van der Waals surface area contributed by atoms with Gasteiger partial charge < -0.3 is 15.7 Å². The monoisotopic (exact) mass is 306 g/mol. The lowest BCUT2D eigenvalue weighted by atomic mass is 10.1. The van der Waals surface area contributed by atoms with Gasteiger partial charge in [-0.2, -0.15) is 0 Å². The van der Waals surface area contributed by atoms with Crippen LogP contribution in [0.5, 0.6) is 5.75 Å². The highest BCUT2D eigenvalue weighted by molar-refractivity contribution is 6.03. The van der Waals surface area contributed by atoms with E-state index in [0.717, 1.165) is 11.1 Å². The molecule has 3 N–H and O–H groups in total. The van der Waals surface area contributed by atoms with Crippen LogP contribution in [-0.4, -0.2) is 11.0 Å². The smallest absolute Gasteiger partial charge is 0.221 e. The fourth-order valence-electron chi connectivity index (χ4n) is 2.58. The van der Waals surface area contributed by atoms with Crippen LogP contribution in [0.3, 0.4) is 0 Å². The Morgan fingerprint density at radius 2 is 1.70 bits per heavy atom. The standard InChI is InChI=1S/C19H18N2O2/c1-13(22)21-18-11-10-15-16(19(18)23)8-5-9-17(15)20-12-14-6-3-2-4-7-14/h2-11,20,23H,12H2,1H3,(H,21,22). The Morgan fingerprint density at radius 3 is 2.43 bits per heavy atom. The average Bonchev–Trinajstić information content (AvgIpc) is 2.56. The van der Waals surface area contributed by atoms with Crippen molar-refractivity contribution in [2.75, 3.05) is 10.6 Å². The van der Waals surface area contributed by atoms with Crippen molar-refractivity contribution in [1.82, 2.24) is 0 Å². The number of rotatable bonds is 4. The van der Waals surface area contributed by atoms with Crippen LogP contribution in [0.1, 0.15) is 12.5 Å². The van der Waals surface area contributed by atoms with Crippen LogP contribution < -0.4 is 10.6 Å². The van der Waals surface area contributed by atoms with Gasteiger partial charge in [-0.1, -0.05) is 42.5 Å². The van der Waals surface area contributed by atoms with E-state index in [2.05, 4.69) is 22.8 Å². The summed E-state index contributed by atoms with van der Waals surface area (Å²) in [5.41, 5.74) is 2.55. The van der Waals surface area contributed by atoms with Gasteiger partial charge in [-0.15, -0.1) is 0 Å². The molecule has 1 amide bonds. The third-order valence-corrected chi connectivity index (χ3v) is 3.67. The number of phenols is 1. The number of phenolic OH excluding ortho intramolecular Hbond substituents is 1. The number of aromatic hydroxyl groups is 1. The van der Waals surface area contributed by atoms with Gasteiger partial charge in [0.25, 0.3) is 0 Å². The summed E-state index contributed by atoms with van der Waals surface area (Å²) in [5, 5.41) is 18.0. The maximum Gasteiger partial charge on any atom is 0.221 e. The summed E-state index contributed by atoms with van der Waals surface area (Å²) >= 11 is 0. The number of carbonyl (C=O) groups is 1. The van der Waals surface area contributed by atoms with Crippen molar-refractivity contribution in [2.45, 2.75) is 13.5 Å². The molecule has 0 aliphatic rings. The minimum absolute atomic E-state index is 0.0843. The molecule has 0 unspecified atom stereocenters. The number of fused-ring (bicyclic) bond motifs is 1. The molecule has 0 atom stereocenters. The highest BCUT2D eigenvalue weighted by Crippen LogP contribution is 2.36. The third-order valence-electron chi connectivity index (χ3n) is 3.67.